The van der Waals surface area contributed by atoms with Crippen LogP contribution < -0.4 is 5.32 Å². The van der Waals surface area contributed by atoms with Crippen LogP contribution in [0.3, 0.4) is 0 Å². The fourth-order valence-electron chi connectivity index (χ4n) is 1.17. The molecule has 0 fully saturated rings. The molecule has 17 heavy (non-hydrogen) atoms. The van der Waals surface area contributed by atoms with Crippen LogP contribution in [-0.2, 0) is 0 Å². The van der Waals surface area contributed by atoms with Crippen molar-refractivity contribution in [1.82, 2.24) is 15.2 Å². The van der Waals surface area contributed by atoms with Crippen molar-refractivity contribution in [2.24, 2.45) is 0 Å². The van der Waals surface area contributed by atoms with Crippen molar-refractivity contribution in [2.45, 2.75) is 13.8 Å². The minimum absolute atomic E-state index is 0.150. The molecule has 0 aliphatic carbocycles. The maximum atomic E-state index is 13.0. The summed E-state index contributed by atoms with van der Waals surface area (Å²) in [5.74, 6) is -0.863. The van der Waals surface area contributed by atoms with Gasteiger partial charge in [0, 0.05) is 0 Å². The topological polar surface area (TPSA) is 67.8 Å². The van der Waals surface area contributed by atoms with E-state index in [0.29, 0.717) is 10.7 Å². The van der Waals surface area contributed by atoms with E-state index in [1.807, 2.05) is 0 Å². The first kappa shape index (κ1) is 11.6. The predicted octanol–water partition coefficient (Wildman–Crippen LogP) is 1.94. The van der Waals surface area contributed by atoms with Gasteiger partial charge in [-0.15, -0.1) is 10.2 Å². The zero-order valence-electron chi connectivity index (χ0n) is 9.19. The number of carbonyl (C=O) groups is 1. The Morgan fingerprint density at radius 2 is 2.18 bits per heavy atom. The second kappa shape index (κ2) is 4.54. The van der Waals surface area contributed by atoms with Crippen LogP contribution in [0.5, 0.6) is 0 Å². The lowest BCUT2D eigenvalue weighted by molar-refractivity contribution is 0.102. The number of rotatable bonds is 2. The van der Waals surface area contributed by atoms with Gasteiger partial charge in [0.05, 0.1) is 6.20 Å². The molecule has 0 aromatic carbocycles. The Morgan fingerprint density at radius 1 is 1.41 bits per heavy atom. The fraction of sp³-hybridized carbons (Fsp3) is 0.200. The molecule has 0 saturated heterocycles. The number of anilines is 1. The molecule has 88 valence electrons. The molecule has 7 heteroatoms. The van der Waals surface area contributed by atoms with Crippen molar-refractivity contribution < 1.29 is 9.18 Å². The summed E-state index contributed by atoms with van der Waals surface area (Å²) in [5.41, 5.74) is 0.523. The van der Waals surface area contributed by atoms with Gasteiger partial charge in [0.1, 0.15) is 16.5 Å². The van der Waals surface area contributed by atoms with Gasteiger partial charge in [-0.2, -0.15) is 0 Å². The molecule has 1 amide bonds. The average molecular weight is 252 g/mol. The van der Waals surface area contributed by atoms with E-state index in [4.69, 9.17) is 0 Å². The van der Waals surface area contributed by atoms with Crippen molar-refractivity contribution in [3.05, 3.63) is 34.3 Å². The largest absolute Gasteiger partial charge is 0.295 e. The van der Waals surface area contributed by atoms with Crippen molar-refractivity contribution in [1.29, 1.82) is 0 Å². The number of nitrogens with one attached hydrogen (secondary N) is 1. The third-order valence-electron chi connectivity index (χ3n) is 2.03. The van der Waals surface area contributed by atoms with E-state index in [-0.39, 0.29) is 5.69 Å². The third-order valence-corrected chi connectivity index (χ3v) is 2.78. The summed E-state index contributed by atoms with van der Waals surface area (Å²) in [6.45, 7) is 3.36. The number of nitrogens with zero attached hydrogens (tertiary/aromatic N) is 3. The van der Waals surface area contributed by atoms with Gasteiger partial charge in [-0.1, -0.05) is 11.3 Å². The number of pyridine rings is 1. The van der Waals surface area contributed by atoms with Gasteiger partial charge in [0.25, 0.3) is 5.91 Å². The lowest BCUT2D eigenvalue weighted by Crippen LogP contribution is -2.14. The number of amides is 1. The molecule has 2 aromatic rings. The molecule has 5 nitrogen and oxygen atoms in total. The first-order chi connectivity index (χ1) is 8.06. The second-order valence-corrected chi connectivity index (χ2v) is 4.58. The van der Waals surface area contributed by atoms with Crippen LogP contribution in [-0.4, -0.2) is 21.1 Å². The normalized spacial score (nSPS) is 10.3. The summed E-state index contributed by atoms with van der Waals surface area (Å²) in [5, 5.41) is 11.2. The number of halogens is 1. The monoisotopic (exact) mass is 252 g/mol. The Balaban J connectivity index is 2.17. The third kappa shape index (κ3) is 2.62. The molecule has 0 saturated carbocycles. The van der Waals surface area contributed by atoms with Crippen LogP contribution in [0.4, 0.5) is 9.52 Å². The smallest absolute Gasteiger partial charge is 0.276 e. The van der Waals surface area contributed by atoms with Crippen molar-refractivity contribution in [3.8, 4) is 0 Å². The molecular formula is C10H9FN4OS. The lowest BCUT2D eigenvalue weighted by Gasteiger charge is -2.01. The number of carbonyl (C=O) groups excluding carboxylic acids is 1. The van der Waals surface area contributed by atoms with Crippen molar-refractivity contribution in [2.75, 3.05) is 5.32 Å². The molecular weight excluding hydrogens is 243 g/mol. The van der Waals surface area contributed by atoms with E-state index in [2.05, 4.69) is 20.5 Å². The van der Waals surface area contributed by atoms with Gasteiger partial charge in [0.2, 0.25) is 5.13 Å². The zero-order chi connectivity index (χ0) is 12.4. The highest BCUT2D eigenvalue weighted by atomic mass is 32.1. The van der Waals surface area contributed by atoms with Crippen LogP contribution >= 0.6 is 11.3 Å². The highest BCUT2D eigenvalue weighted by molar-refractivity contribution is 7.15. The highest BCUT2D eigenvalue weighted by Crippen LogP contribution is 2.15. The Hall–Kier alpha value is -1.89. The van der Waals surface area contributed by atoms with E-state index in [1.54, 1.807) is 13.8 Å². The minimum atomic E-state index is -0.437. The van der Waals surface area contributed by atoms with Crippen LogP contribution in [0.15, 0.2) is 12.3 Å². The Labute approximate surface area is 101 Å². The molecule has 0 aliphatic rings. The molecule has 0 radical (unpaired) electrons. The maximum absolute atomic E-state index is 13.0. The standard InChI is InChI=1S/C10H9FN4OS/c1-5-3-8(12-4-7(5)11)9(16)13-10-15-14-6(2)17-10/h3-4H,1-2H3,(H,13,15,16). The molecule has 2 heterocycles. The van der Waals surface area contributed by atoms with Gasteiger partial charge < -0.3 is 0 Å². The molecule has 0 spiro atoms. The van der Waals surface area contributed by atoms with Gasteiger partial charge in [-0.25, -0.2) is 9.37 Å². The van der Waals surface area contributed by atoms with Crippen LogP contribution in [0.1, 0.15) is 21.1 Å². The second-order valence-electron chi connectivity index (χ2n) is 3.40. The summed E-state index contributed by atoms with van der Waals surface area (Å²) in [4.78, 5) is 15.4. The lowest BCUT2D eigenvalue weighted by atomic mass is 10.2. The molecule has 1 N–H and O–H groups in total. The van der Waals surface area contributed by atoms with E-state index >= 15 is 0 Å². The molecule has 0 aliphatic heterocycles. The van der Waals surface area contributed by atoms with Gasteiger partial charge in [-0.3, -0.25) is 10.1 Å². The molecule has 2 aromatic heterocycles. The maximum Gasteiger partial charge on any atom is 0.276 e. The predicted molar refractivity (Wildman–Crippen MR) is 61.5 cm³/mol. The number of aromatic nitrogens is 3. The van der Waals surface area contributed by atoms with Gasteiger partial charge in [-0.05, 0) is 25.5 Å². The number of hydrogen-bond acceptors (Lipinski definition) is 5. The number of hydrogen-bond donors (Lipinski definition) is 1. The Bertz CT molecular complexity index is 569. The van der Waals surface area contributed by atoms with E-state index < -0.39 is 11.7 Å². The SMILES string of the molecule is Cc1nnc(NC(=O)c2cc(C)c(F)cn2)s1. The summed E-state index contributed by atoms with van der Waals surface area (Å²) < 4.78 is 13.0. The Kier molecular flexibility index (Phi) is 3.10. The van der Waals surface area contributed by atoms with Gasteiger partial charge in [0.15, 0.2) is 0 Å². The quantitative estimate of drug-likeness (QED) is 0.886. The molecule has 0 atom stereocenters. The molecule has 0 unspecified atom stereocenters. The van der Waals surface area contributed by atoms with Gasteiger partial charge >= 0.3 is 0 Å². The molecule has 2 rings (SSSR count). The van der Waals surface area contributed by atoms with E-state index in [0.717, 1.165) is 11.2 Å². The van der Waals surface area contributed by atoms with Crippen LogP contribution in [0.2, 0.25) is 0 Å². The van der Waals surface area contributed by atoms with Crippen molar-refractivity contribution in [3.63, 3.8) is 0 Å². The average Bonchev–Trinajstić information content (AvgIpc) is 2.68. The summed E-state index contributed by atoms with van der Waals surface area (Å²) in [6.07, 6.45) is 1.02. The van der Waals surface area contributed by atoms with E-state index in [9.17, 15) is 9.18 Å². The van der Waals surface area contributed by atoms with Crippen molar-refractivity contribution >= 4 is 22.4 Å². The zero-order valence-corrected chi connectivity index (χ0v) is 10.0. The summed E-state index contributed by atoms with van der Waals surface area (Å²) in [6, 6.07) is 1.39. The number of aryl methyl sites for hydroxylation is 2. The van der Waals surface area contributed by atoms with E-state index in [1.165, 1.54) is 17.4 Å². The first-order valence-electron chi connectivity index (χ1n) is 4.80. The summed E-state index contributed by atoms with van der Waals surface area (Å²) >= 11 is 1.26. The fourth-order valence-corrected chi connectivity index (χ4v) is 1.76. The highest BCUT2D eigenvalue weighted by Gasteiger charge is 2.11. The molecule has 0 bridgehead atoms. The minimum Gasteiger partial charge on any atom is -0.295 e. The van der Waals surface area contributed by atoms with Crippen LogP contribution in [0, 0.1) is 19.7 Å². The first-order valence-corrected chi connectivity index (χ1v) is 5.61. The van der Waals surface area contributed by atoms with Crippen LogP contribution in [0.25, 0.3) is 0 Å². The summed E-state index contributed by atoms with van der Waals surface area (Å²) in [7, 11) is 0. The Morgan fingerprint density at radius 3 is 2.76 bits per heavy atom.